The molecule has 1 aromatic rings. The van der Waals surface area contributed by atoms with Crippen molar-refractivity contribution >= 4 is 21.8 Å². The summed E-state index contributed by atoms with van der Waals surface area (Å²) in [6.45, 7) is 1.98. The maximum atomic E-state index is 12.6. The number of rotatable bonds is 7. The highest BCUT2D eigenvalue weighted by Crippen LogP contribution is 2.31. The fourth-order valence-electron chi connectivity index (χ4n) is 3.81. The number of carbonyl (C=O) groups is 2. The van der Waals surface area contributed by atoms with E-state index in [0.29, 0.717) is 43.8 Å². The van der Waals surface area contributed by atoms with Gasteiger partial charge >= 0.3 is 0 Å². The third kappa shape index (κ3) is 5.68. The molecule has 0 radical (unpaired) electrons. The zero-order valence-electron chi connectivity index (χ0n) is 17.5. The van der Waals surface area contributed by atoms with Crippen molar-refractivity contribution in [2.24, 2.45) is 5.92 Å². The summed E-state index contributed by atoms with van der Waals surface area (Å²) in [5.74, 6) is 0.620. The van der Waals surface area contributed by atoms with Crippen LogP contribution in [0.15, 0.2) is 23.1 Å². The summed E-state index contributed by atoms with van der Waals surface area (Å²) in [6, 6.07) is 4.79. The van der Waals surface area contributed by atoms with Crippen LogP contribution in [0, 0.1) is 5.92 Å². The van der Waals surface area contributed by atoms with Gasteiger partial charge in [-0.25, -0.2) is 13.1 Å². The van der Waals surface area contributed by atoms with Crippen molar-refractivity contribution in [2.45, 2.75) is 49.5 Å². The highest BCUT2D eigenvalue weighted by Gasteiger charge is 2.32. The molecule has 2 amide bonds. The number of piperidine rings is 1. The molecule has 0 bridgehead atoms. The number of carbonyl (C=O) groups excluding carboxylic acids is 2. The summed E-state index contributed by atoms with van der Waals surface area (Å²) in [6.07, 6.45) is 4.39. The molecule has 1 aliphatic carbocycles. The third-order valence-electron chi connectivity index (χ3n) is 5.73. The molecule has 1 aromatic carbocycles. The van der Waals surface area contributed by atoms with E-state index in [0.717, 1.165) is 32.1 Å². The third-order valence-corrected chi connectivity index (χ3v) is 7.19. The Morgan fingerprint density at radius 2 is 1.84 bits per heavy atom. The standard InChI is InChI=1S/C21H29N3O6S/c25-20(24-10-1-3-15(14-24)21(26)23-16-4-5-16)8-9-22-31(27,28)17-6-7-18-19(13-17)30-12-2-11-29-18/h6-7,13,15-16,22H,1-5,8-12,14H2,(H,23,26). The van der Waals surface area contributed by atoms with E-state index in [1.807, 2.05) is 0 Å². The van der Waals surface area contributed by atoms with E-state index in [1.165, 1.54) is 12.1 Å². The maximum Gasteiger partial charge on any atom is 0.240 e. The minimum atomic E-state index is -3.78. The van der Waals surface area contributed by atoms with Gasteiger partial charge in [-0.15, -0.1) is 0 Å². The molecule has 9 nitrogen and oxygen atoms in total. The van der Waals surface area contributed by atoms with Crippen molar-refractivity contribution in [3.8, 4) is 11.5 Å². The number of sulfonamides is 1. The Morgan fingerprint density at radius 1 is 1.06 bits per heavy atom. The van der Waals surface area contributed by atoms with Crippen molar-refractivity contribution in [1.82, 2.24) is 14.9 Å². The van der Waals surface area contributed by atoms with Gasteiger partial charge in [0.2, 0.25) is 21.8 Å². The zero-order valence-corrected chi connectivity index (χ0v) is 18.3. The fraction of sp³-hybridized carbons (Fsp3) is 0.619. The maximum absolute atomic E-state index is 12.6. The second-order valence-electron chi connectivity index (χ2n) is 8.27. The average Bonchev–Trinajstić information content (AvgIpc) is 3.60. The summed E-state index contributed by atoms with van der Waals surface area (Å²) >= 11 is 0. The Morgan fingerprint density at radius 3 is 2.61 bits per heavy atom. The molecule has 1 saturated heterocycles. The molecule has 1 saturated carbocycles. The van der Waals surface area contributed by atoms with Crippen LogP contribution in [0.2, 0.25) is 0 Å². The molecule has 2 fully saturated rings. The number of amides is 2. The topological polar surface area (TPSA) is 114 Å². The molecule has 0 aromatic heterocycles. The second kappa shape index (κ2) is 9.44. The quantitative estimate of drug-likeness (QED) is 0.640. The number of ether oxygens (including phenoxy) is 2. The first-order valence-electron chi connectivity index (χ1n) is 10.9. The summed E-state index contributed by atoms with van der Waals surface area (Å²) in [4.78, 5) is 26.6. The lowest BCUT2D eigenvalue weighted by molar-refractivity contribution is -0.135. The van der Waals surface area contributed by atoms with Gasteiger partial charge in [0.25, 0.3) is 0 Å². The zero-order chi connectivity index (χ0) is 21.8. The minimum absolute atomic E-state index is 0.00888. The monoisotopic (exact) mass is 451 g/mol. The molecule has 2 heterocycles. The highest BCUT2D eigenvalue weighted by atomic mass is 32.2. The molecule has 2 aliphatic heterocycles. The number of benzene rings is 1. The van der Waals surface area contributed by atoms with E-state index in [9.17, 15) is 18.0 Å². The lowest BCUT2D eigenvalue weighted by atomic mass is 9.97. The Hall–Kier alpha value is -2.33. The predicted molar refractivity (Wildman–Crippen MR) is 112 cm³/mol. The molecular formula is C21H29N3O6S. The molecular weight excluding hydrogens is 422 g/mol. The number of hydrogen-bond donors (Lipinski definition) is 2. The van der Waals surface area contributed by atoms with E-state index in [4.69, 9.17) is 9.47 Å². The lowest BCUT2D eigenvalue weighted by Gasteiger charge is -2.32. The van der Waals surface area contributed by atoms with E-state index in [-0.39, 0.29) is 35.6 Å². The number of nitrogens with one attached hydrogen (secondary N) is 2. The van der Waals surface area contributed by atoms with Crippen LogP contribution in [-0.4, -0.2) is 64.0 Å². The Balaban J connectivity index is 1.28. The normalized spacial score (nSPS) is 21.3. The first-order chi connectivity index (χ1) is 14.9. The number of hydrogen-bond acceptors (Lipinski definition) is 6. The number of likely N-dealkylation sites (tertiary alicyclic amines) is 1. The first-order valence-corrected chi connectivity index (χ1v) is 12.4. The molecule has 10 heteroatoms. The van der Waals surface area contributed by atoms with E-state index >= 15 is 0 Å². The van der Waals surface area contributed by atoms with Gasteiger partial charge < -0.3 is 19.7 Å². The average molecular weight is 452 g/mol. The Kier molecular flexibility index (Phi) is 6.66. The van der Waals surface area contributed by atoms with Gasteiger partial charge in [0.05, 0.1) is 24.0 Å². The van der Waals surface area contributed by atoms with Gasteiger partial charge in [0.15, 0.2) is 11.5 Å². The van der Waals surface area contributed by atoms with Gasteiger partial charge in [-0.3, -0.25) is 9.59 Å². The van der Waals surface area contributed by atoms with E-state index in [1.54, 1.807) is 11.0 Å². The van der Waals surface area contributed by atoms with Crippen molar-refractivity contribution in [3.63, 3.8) is 0 Å². The molecule has 3 aliphatic rings. The van der Waals surface area contributed by atoms with Crippen molar-refractivity contribution in [1.29, 1.82) is 0 Å². The van der Waals surface area contributed by atoms with E-state index < -0.39 is 10.0 Å². The van der Waals surface area contributed by atoms with Gasteiger partial charge in [-0.05, 0) is 37.8 Å². The summed E-state index contributed by atoms with van der Waals surface area (Å²) in [7, 11) is -3.78. The van der Waals surface area contributed by atoms with Gasteiger partial charge in [-0.1, -0.05) is 0 Å². The summed E-state index contributed by atoms with van der Waals surface area (Å²) < 4.78 is 38.8. The van der Waals surface area contributed by atoms with Crippen LogP contribution in [0.4, 0.5) is 0 Å². The number of fused-ring (bicyclic) bond motifs is 1. The number of nitrogens with zero attached hydrogens (tertiary/aromatic N) is 1. The Bertz CT molecular complexity index is 931. The van der Waals surface area contributed by atoms with Crippen LogP contribution in [-0.2, 0) is 19.6 Å². The molecule has 4 rings (SSSR count). The fourth-order valence-corrected chi connectivity index (χ4v) is 4.86. The summed E-state index contributed by atoms with van der Waals surface area (Å²) in [5, 5.41) is 3.00. The van der Waals surface area contributed by atoms with Gasteiger partial charge in [0.1, 0.15) is 0 Å². The van der Waals surface area contributed by atoms with Crippen LogP contribution >= 0.6 is 0 Å². The van der Waals surface area contributed by atoms with Crippen LogP contribution in [0.3, 0.4) is 0 Å². The van der Waals surface area contributed by atoms with Crippen LogP contribution in [0.5, 0.6) is 11.5 Å². The Labute approximate surface area is 182 Å². The first kappa shape index (κ1) is 21.9. The molecule has 1 atom stereocenters. The van der Waals surface area contributed by atoms with Crippen molar-refractivity contribution in [2.75, 3.05) is 32.8 Å². The molecule has 2 N–H and O–H groups in total. The van der Waals surface area contributed by atoms with Crippen LogP contribution < -0.4 is 19.5 Å². The van der Waals surface area contributed by atoms with E-state index in [2.05, 4.69) is 10.0 Å². The van der Waals surface area contributed by atoms with Crippen molar-refractivity contribution in [3.05, 3.63) is 18.2 Å². The second-order valence-corrected chi connectivity index (χ2v) is 10.0. The van der Waals surface area contributed by atoms with Gasteiger partial charge in [0, 0.05) is 44.6 Å². The molecule has 31 heavy (non-hydrogen) atoms. The summed E-state index contributed by atoms with van der Waals surface area (Å²) in [5.41, 5.74) is 0. The molecule has 1 unspecified atom stereocenters. The molecule has 0 spiro atoms. The van der Waals surface area contributed by atoms with Crippen LogP contribution in [0.1, 0.15) is 38.5 Å². The smallest absolute Gasteiger partial charge is 0.240 e. The minimum Gasteiger partial charge on any atom is -0.490 e. The van der Waals surface area contributed by atoms with Crippen molar-refractivity contribution < 1.29 is 27.5 Å². The van der Waals surface area contributed by atoms with Crippen LogP contribution in [0.25, 0.3) is 0 Å². The lowest BCUT2D eigenvalue weighted by Crippen LogP contribution is -2.46. The largest absolute Gasteiger partial charge is 0.490 e. The highest BCUT2D eigenvalue weighted by molar-refractivity contribution is 7.89. The van der Waals surface area contributed by atoms with Gasteiger partial charge in [-0.2, -0.15) is 0 Å². The predicted octanol–water partition coefficient (Wildman–Crippen LogP) is 1.03. The SMILES string of the molecule is O=C(NC1CC1)C1CCCN(C(=O)CCNS(=O)(=O)c2ccc3c(c2)OCCCO3)C1. The molecule has 170 valence electrons.